The van der Waals surface area contributed by atoms with Gasteiger partial charge >= 0.3 is 5.97 Å². The number of hydrogen-bond acceptors (Lipinski definition) is 2. The Bertz CT molecular complexity index is 687. The van der Waals surface area contributed by atoms with Gasteiger partial charge in [0.1, 0.15) is 0 Å². The molecule has 120 valence electrons. The molecule has 1 aliphatic rings. The molecule has 1 unspecified atom stereocenters. The van der Waals surface area contributed by atoms with Crippen LogP contribution in [0.15, 0.2) is 48.5 Å². The van der Waals surface area contributed by atoms with E-state index >= 15 is 0 Å². The minimum absolute atomic E-state index is 0.209. The minimum Gasteiger partial charge on any atom is -0.481 e. The molecule has 3 nitrogen and oxygen atoms in total. The lowest BCUT2D eigenvalue weighted by Crippen LogP contribution is -2.35. The molecule has 0 aromatic heterocycles. The maximum absolute atomic E-state index is 10.8. The highest BCUT2D eigenvalue weighted by Gasteiger charge is 2.27. The van der Waals surface area contributed by atoms with Crippen LogP contribution in [0.3, 0.4) is 0 Å². The largest absolute Gasteiger partial charge is 0.481 e. The van der Waals surface area contributed by atoms with Gasteiger partial charge in [-0.05, 0) is 48.2 Å². The number of rotatable bonds is 5. The van der Waals surface area contributed by atoms with Crippen LogP contribution in [0.25, 0.3) is 0 Å². The third-order valence-electron chi connectivity index (χ3n) is 4.42. The lowest BCUT2D eigenvalue weighted by atomic mass is 9.89. The SMILES string of the molecule is O=C(O)CCCN1Cc2cc(Cl)ccc2CC1c1ccccc1. The summed E-state index contributed by atoms with van der Waals surface area (Å²) in [6.07, 6.45) is 1.80. The second-order valence-corrected chi connectivity index (χ2v) is 6.45. The van der Waals surface area contributed by atoms with Crippen molar-refractivity contribution < 1.29 is 9.90 Å². The molecular weight excluding hydrogens is 310 g/mol. The van der Waals surface area contributed by atoms with E-state index in [1.807, 2.05) is 18.2 Å². The summed E-state index contributed by atoms with van der Waals surface area (Å²) in [6, 6.07) is 16.8. The van der Waals surface area contributed by atoms with Crippen LogP contribution >= 0.6 is 11.6 Å². The van der Waals surface area contributed by atoms with E-state index in [9.17, 15) is 4.79 Å². The molecule has 0 saturated carbocycles. The highest BCUT2D eigenvalue weighted by Crippen LogP contribution is 2.34. The molecule has 4 heteroatoms. The van der Waals surface area contributed by atoms with Crippen LogP contribution in [-0.4, -0.2) is 22.5 Å². The van der Waals surface area contributed by atoms with Crippen LogP contribution in [0.5, 0.6) is 0 Å². The topological polar surface area (TPSA) is 40.5 Å². The summed E-state index contributed by atoms with van der Waals surface area (Å²) in [6.45, 7) is 1.59. The zero-order valence-electron chi connectivity index (χ0n) is 12.9. The van der Waals surface area contributed by atoms with Crippen molar-refractivity contribution in [2.24, 2.45) is 0 Å². The van der Waals surface area contributed by atoms with Crippen molar-refractivity contribution in [3.05, 3.63) is 70.2 Å². The number of hydrogen-bond donors (Lipinski definition) is 1. The molecule has 1 heterocycles. The van der Waals surface area contributed by atoms with Crippen molar-refractivity contribution in [3.63, 3.8) is 0 Å². The summed E-state index contributed by atoms with van der Waals surface area (Å²) in [7, 11) is 0. The number of carbonyl (C=O) groups is 1. The van der Waals surface area contributed by atoms with Gasteiger partial charge in [-0.15, -0.1) is 0 Å². The summed E-state index contributed by atoms with van der Waals surface area (Å²) < 4.78 is 0. The van der Waals surface area contributed by atoms with E-state index in [-0.39, 0.29) is 6.42 Å². The molecule has 0 spiro atoms. The van der Waals surface area contributed by atoms with E-state index in [0.717, 1.165) is 24.5 Å². The Hall–Kier alpha value is -1.84. The number of benzene rings is 2. The quantitative estimate of drug-likeness (QED) is 0.888. The monoisotopic (exact) mass is 329 g/mol. The van der Waals surface area contributed by atoms with Crippen LogP contribution in [0.1, 0.15) is 35.6 Å². The van der Waals surface area contributed by atoms with Crippen LogP contribution in [0.4, 0.5) is 0 Å². The normalized spacial score (nSPS) is 17.7. The number of halogens is 1. The fraction of sp³-hybridized carbons (Fsp3) is 0.316. The number of aliphatic carboxylic acids is 1. The Balaban J connectivity index is 1.84. The third-order valence-corrected chi connectivity index (χ3v) is 4.65. The van der Waals surface area contributed by atoms with Gasteiger partial charge in [-0.25, -0.2) is 0 Å². The molecule has 0 fully saturated rings. The summed E-state index contributed by atoms with van der Waals surface area (Å²) in [5.74, 6) is -0.735. The van der Waals surface area contributed by atoms with Gasteiger partial charge < -0.3 is 5.11 Å². The molecule has 0 saturated heterocycles. The van der Waals surface area contributed by atoms with Crippen molar-refractivity contribution in [3.8, 4) is 0 Å². The molecule has 0 radical (unpaired) electrons. The van der Waals surface area contributed by atoms with Crippen LogP contribution in [-0.2, 0) is 17.8 Å². The van der Waals surface area contributed by atoms with Gasteiger partial charge in [0.15, 0.2) is 0 Å². The number of fused-ring (bicyclic) bond motifs is 1. The second-order valence-electron chi connectivity index (χ2n) is 6.01. The molecule has 0 aliphatic carbocycles. The van der Waals surface area contributed by atoms with Gasteiger partial charge in [0.25, 0.3) is 0 Å². The number of carboxylic acids is 1. The molecule has 2 aromatic rings. The lowest BCUT2D eigenvalue weighted by molar-refractivity contribution is -0.137. The minimum atomic E-state index is -0.735. The molecule has 1 aliphatic heterocycles. The molecule has 1 atom stereocenters. The van der Waals surface area contributed by atoms with Gasteiger partial charge in [0.05, 0.1) is 0 Å². The Kier molecular flexibility index (Phi) is 4.99. The van der Waals surface area contributed by atoms with Gasteiger partial charge in [-0.1, -0.05) is 48.0 Å². The Morgan fingerprint density at radius 1 is 1.17 bits per heavy atom. The first-order valence-electron chi connectivity index (χ1n) is 7.91. The molecule has 0 amide bonds. The maximum atomic E-state index is 10.8. The summed E-state index contributed by atoms with van der Waals surface area (Å²) in [5.41, 5.74) is 3.86. The highest BCUT2D eigenvalue weighted by atomic mass is 35.5. The summed E-state index contributed by atoms with van der Waals surface area (Å²) >= 11 is 6.13. The third kappa shape index (κ3) is 3.92. The van der Waals surface area contributed by atoms with Crippen molar-refractivity contribution in [2.75, 3.05) is 6.54 Å². The van der Waals surface area contributed by atoms with Gasteiger partial charge in [-0.2, -0.15) is 0 Å². The fourth-order valence-corrected chi connectivity index (χ4v) is 3.47. The first kappa shape index (κ1) is 16.0. The average molecular weight is 330 g/mol. The van der Waals surface area contributed by atoms with E-state index < -0.39 is 5.97 Å². The van der Waals surface area contributed by atoms with Gasteiger partial charge in [-0.3, -0.25) is 9.69 Å². The Morgan fingerprint density at radius 3 is 2.70 bits per heavy atom. The highest BCUT2D eigenvalue weighted by molar-refractivity contribution is 6.30. The maximum Gasteiger partial charge on any atom is 0.303 e. The Morgan fingerprint density at radius 2 is 1.96 bits per heavy atom. The first-order chi connectivity index (χ1) is 11.1. The molecule has 1 N–H and O–H groups in total. The van der Waals surface area contributed by atoms with Crippen molar-refractivity contribution >= 4 is 17.6 Å². The zero-order valence-corrected chi connectivity index (χ0v) is 13.7. The molecule has 0 bridgehead atoms. The van der Waals surface area contributed by atoms with Gasteiger partial charge in [0, 0.05) is 24.0 Å². The van der Waals surface area contributed by atoms with Crippen LogP contribution in [0, 0.1) is 0 Å². The molecule has 3 rings (SSSR count). The van der Waals surface area contributed by atoms with E-state index in [4.69, 9.17) is 16.7 Å². The number of carboxylic acid groups (broad SMARTS) is 1. The summed E-state index contributed by atoms with van der Waals surface area (Å²) in [5, 5.41) is 9.64. The molecule has 23 heavy (non-hydrogen) atoms. The van der Waals surface area contributed by atoms with E-state index in [1.165, 1.54) is 16.7 Å². The molecular formula is C19H20ClNO2. The fourth-order valence-electron chi connectivity index (χ4n) is 3.28. The van der Waals surface area contributed by atoms with E-state index in [0.29, 0.717) is 12.5 Å². The molecule has 2 aromatic carbocycles. The lowest BCUT2D eigenvalue weighted by Gasteiger charge is -2.37. The predicted molar refractivity (Wildman–Crippen MR) is 91.6 cm³/mol. The summed E-state index contributed by atoms with van der Waals surface area (Å²) in [4.78, 5) is 13.2. The average Bonchev–Trinajstić information content (AvgIpc) is 2.54. The van der Waals surface area contributed by atoms with Crippen molar-refractivity contribution in [1.29, 1.82) is 0 Å². The smallest absolute Gasteiger partial charge is 0.303 e. The van der Waals surface area contributed by atoms with Crippen molar-refractivity contribution in [2.45, 2.75) is 31.8 Å². The second kappa shape index (κ2) is 7.16. The number of nitrogens with zero attached hydrogens (tertiary/aromatic N) is 1. The van der Waals surface area contributed by atoms with E-state index in [1.54, 1.807) is 0 Å². The first-order valence-corrected chi connectivity index (χ1v) is 8.29. The van der Waals surface area contributed by atoms with Crippen LogP contribution < -0.4 is 0 Å². The van der Waals surface area contributed by atoms with Crippen molar-refractivity contribution in [1.82, 2.24) is 4.90 Å². The van der Waals surface area contributed by atoms with Crippen LogP contribution in [0.2, 0.25) is 5.02 Å². The Labute approximate surface area is 141 Å². The standard InChI is InChI=1S/C19H20ClNO2/c20-17-9-8-15-12-18(14-5-2-1-3-6-14)21(13-16(15)11-17)10-4-7-19(22)23/h1-3,5-6,8-9,11,18H,4,7,10,12-13H2,(H,22,23). The predicted octanol–water partition coefficient (Wildman–Crippen LogP) is 4.30. The zero-order chi connectivity index (χ0) is 16.2. The van der Waals surface area contributed by atoms with Gasteiger partial charge in [0.2, 0.25) is 0 Å². The van der Waals surface area contributed by atoms with E-state index in [2.05, 4.69) is 35.2 Å².